The fourth-order valence-corrected chi connectivity index (χ4v) is 2.03. The zero-order valence-electron chi connectivity index (χ0n) is 8.21. The number of alkyl halides is 1. The average molecular weight is 322 g/mol. The van der Waals surface area contributed by atoms with Crippen LogP contribution in [-0.4, -0.2) is 23.4 Å². The van der Waals surface area contributed by atoms with E-state index in [1.165, 1.54) is 0 Å². The monoisotopic (exact) mass is 320 g/mol. The van der Waals surface area contributed by atoms with E-state index < -0.39 is 0 Å². The van der Waals surface area contributed by atoms with Gasteiger partial charge >= 0.3 is 0 Å². The number of halogens is 2. The molecule has 0 radical (unpaired) electrons. The Morgan fingerprint density at radius 2 is 2.29 bits per heavy atom. The van der Waals surface area contributed by atoms with Gasteiger partial charge in [-0.15, -0.1) is 0 Å². The summed E-state index contributed by atoms with van der Waals surface area (Å²) in [4.78, 5) is 6.64. The molecule has 0 amide bonds. The van der Waals surface area contributed by atoms with Gasteiger partial charge < -0.3 is 4.90 Å². The highest BCUT2D eigenvalue weighted by Gasteiger charge is 2.07. The molecule has 1 heterocycles. The molecule has 0 aliphatic heterocycles. The van der Waals surface area contributed by atoms with E-state index >= 15 is 0 Å². The first kappa shape index (κ1) is 12.0. The highest BCUT2D eigenvalue weighted by Crippen LogP contribution is 2.22. The van der Waals surface area contributed by atoms with Crippen molar-refractivity contribution >= 4 is 37.7 Å². The van der Waals surface area contributed by atoms with Crippen molar-refractivity contribution in [2.24, 2.45) is 0 Å². The van der Waals surface area contributed by atoms with Gasteiger partial charge in [-0.05, 0) is 41.4 Å². The van der Waals surface area contributed by atoms with Crippen molar-refractivity contribution in [3.63, 3.8) is 0 Å². The molecule has 0 aliphatic carbocycles. The fourth-order valence-electron chi connectivity index (χ4n) is 1.27. The van der Waals surface area contributed by atoms with Crippen molar-refractivity contribution in [1.29, 1.82) is 0 Å². The summed E-state index contributed by atoms with van der Waals surface area (Å²) in [5.74, 6) is 1.04. The normalized spacial score (nSPS) is 10.2. The third-order valence-electron chi connectivity index (χ3n) is 1.98. The maximum Gasteiger partial charge on any atom is 0.142 e. The van der Waals surface area contributed by atoms with Crippen molar-refractivity contribution in [3.05, 3.63) is 22.8 Å². The quantitative estimate of drug-likeness (QED) is 0.772. The third-order valence-corrected chi connectivity index (χ3v) is 3.16. The van der Waals surface area contributed by atoms with E-state index in [1.54, 1.807) is 0 Å². The summed E-state index contributed by atoms with van der Waals surface area (Å²) in [6.07, 6.45) is 2.97. The van der Waals surface area contributed by atoms with Crippen molar-refractivity contribution < 1.29 is 0 Å². The SMILES string of the molecule is CCN(CCCBr)c1ncccc1Br. The van der Waals surface area contributed by atoms with Crippen LogP contribution in [0.3, 0.4) is 0 Å². The van der Waals surface area contributed by atoms with Crippen LogP contribution in [-0.2, 0) is 0 Å². The zero-order valence-corrected chi connectivity index (χ0v) is 11.4. The Kier molecular flexibility index (Phi) is 5.48. The number of nitrogens with zero attached hydrogens (tertiary/aromatic N) is 2. The van der Waals surface area contributed by atoms with Crippen molar-refractivity contribution in [1.82, 2.24) is 4.98 Å². The number of rotatable bonds is 5. The van der Waals surface area contributed by atoms with Gasteiger partial charge in [-0.25, -0.2) is 4.98 Å². The lowest BCUT2D eigenvalue weighted by Gasteiger charge is -2.22. The second-order valence-corrected chi connectivity index (χ2v) is 4.58. The highest BCUT2D eigenvalue weighted by atomic mass is 79.9. The Morgan fingerprint density at radius 1 is 1.50 bits per heavy atom. The van der Waals surface area contributed by atoms with Gasteiger partial charge in [0.15, 0.2) is 0 Å². The molecule has 0 aliphatic rings. The largest absolute Gasteiger partial charge is 0.356 e. The van der Waals surface area contributed by atoms with Gasteiger partial charge in [0.2, 0.25) is 0 Å². The van der Waals surface area contributed by atoms with E-state index in [4.69, 9.17) is 0 Å². The van der Waals surface area contributed by atoms with Crippen LogP contribution in [0.1, 0.15) is 13.3 Å². The lowest BCUT2D eigenvalue weighted by molar-refractivity contribution is 0.783. The van der Waals surface area contributed by atoms with Gasteiger partial charge in [-0.1, -0.05) is 15.9 Å². The zero-order chi connectivity index (χ0) is 10.4. The first-order chi connectivity index (χ1) is 6.79. The van der Waals surface area contributed by atoms with E-state index in [1.807, 2.05) is 18.3 Å². The van der Waals surface area contributed by atoms with Gasteiger partial charge in [-0.2, -0.15) is 0 Å². The van der Waals surface area contributed by atoms with Crippen LogP contribution in [0, 0.1) is 0 Å². The van der Waals surface area contributed by atoms with Crippen molar-refractivity contribution in [3.8, 4) is 0 Å². The molecule has 0 spiro atoms. The molecular weight excluding hydrogens is 308 g/mol. The molecule has 1 aromatic rings. The maximum atomic E-state index is 4.37. The number of anilines is 1. The minimum atomic E-state index is 0.989. The minimum Gasteiger partial charge on any atom is -0.356 e. The second kappa shape index (κ2) is 6.40. The first-order valence-corrected chi connectivity index (χ1v) is 6.62. The molecule has 4 heteroatoms. The summed E-state index contributed by atoms with van der Waals surface area (Å²) in [6, 6.07) is 3.96. The van der Waals surface area contributed by atoms with Crippen LogP contribution >= 0.6 is 31.9 Å². The molecular formula is C10H14Br2N2. The van der Waals surface area contributed by atoms with Gasteiger partial charge in [0.1, 0.15) is 5.82 Å². The number of aromatic nitrogens is 1. The smallest absolute Gasteiger partial charge is 0.142 e. The van der Waals surface area contributed by atoms with E-state index in [0.29, 0.717) is 0 Å². The van der Waals surface area contributed by atoms with Crippen molar-refractivity contribution in [2.75, 3.05) is 23.3 Å². The standard InChI is InChI=1S/C10H14Br2N2/c1-2-14(8-4-6-11)10-9(12)5-3-7-13-10/h3,5,7H,2,4,6,8H2,1H3. The van der Waals surface area contributed by atoms with Crippen LogP contribution in [0.15, 0.2) is 22.8 Å². The third kappa shape index (κ3) is 3.24. The summed E-state index contributed by atoms with van der Waals surface area (Å²) >= 11 is 6.95. The minimum absolute atomic E-state index is 0.989. The molecule has 0 aromatic carbocycles. The molecule has 0 N–H and O–H groups in total. The lowest BCUT2D eigenvalue weighted by atomic mass is 10.3. The Bertz CT molecular complexity index is 279. The van der Waals surface area contributed by atoms with Crippen LogP contribution in [0.25, 0.3) is 0 Å². The number of hydrogen-bond donors (Lipinski definition) is 0. The molecule has 0 saturated carbocycles. The van der Waals surface area contributed by atoms with Crippen LogP contribution in [0.5, 0.6) is 0 Å². The van der Waals surface area contributed by atoms with Gasteiger partial charge in [-0.3, -0.25) is 0 Å². The molecule has 1 aromatic heterocycles. The van der Waals surface area contributed by atoms with E-state index in [2.05, 4.69) is 48.7 Å². The molecule has 0 saturated heterocycles. The van der Waals surface area contributed by atoms with Crippen LogP contribution in [0.2, 0.25) is 0 Å². The lowest BCUT2D eigenvalue weighted by Crippen LogP contribution is -2.25. The van der Waals surface area contributed by atoms with E-state index in [9.17, 15) is 0 Å². The second-order valence-electron chi connectivity index (χ2n) is 2.93. The Morgan fingerprint density at radius 3 is 2.86 bits per heavy atom. The topological polar surface area (TPSA) is 16.1 Å². The predicted octanol–water partition coefficient (Wildman–Crippen LogP) is 3.46. The van der Waals surface area contributed by atoms with Crippen LogP contribution < -0.4 is 4.90 Å². The van der Waals surface area contributed by atoms with E-state index in [0.717, 1.165) is 35.1 Å². The Balaban J connectivity index is 2.73. The predicted molar refractivity (Wildman–Crippen MR) is 68.2 cm³/mol. The number of hydrogen-bond acceptors (Lipinski definition) is 2. The molecule has 0 atom stereocenters. The van der Waals surface area contributed by atoms with Crippen molar-refractivity contribution in [2.45, 2.75) is 13.3 Å². The summed E-state index contributed by atoms with van der Waals surface area (Å²) in [7, 11) is 0. The summed E-state index contributed by atoms with van der Waals surface area (Å²) < 4.78 is 1.07. The molecule has 78 valence electrons. The van der Waals surface area contributed by atoms with Crippen LogP contribution in [0.4, 0.5) is 5.82 Å². The van der Waals surface area contributed by atoms with Gasteiger partial charge in [0.05, 0.1) is 4.47 Å². The molecule has 0 unspecified atom stereocenters. The fraction of sp³-hybridized carbons (Fsp3) is 0.500. The Hall–Kier alpha value is -0.0900. The first-order valence-electron chi connectivity index (χ1n) is 4.71. The summed E-state index contributed by atoms with van der Waals surface area (Å²) in [6.45, 7) is 4.18. The summed E-state index contributed by atoms with van der Waals surface area (Å²) in [5, 5.41) is 1.04. The molecule has 14 heavy (non-hydrogen) atoms. The molecule has 2 nitrogen and oxygen atoms in total. The summed E-state index contributed by atoms with van der Waals surface area (Å²) in [5.41, 5.74) is 0. The van der Waals surface area contributed by atoms with Gasteiger partial charge in [0, 0.05) is 24.6 Å². The number of pyridine rings is 1. The molecule has 1 rings (SSSR count). The molecule has 0 bridgehead atoms. The van der Waals surface area contributed by atoms with E-state index in [-0.39, 0.29) is 0 Å². The highest BCUT2D eigenvalue weighted by molar-refractivity contribution is 9.10. The average Bonchev–Trinajstić information content (AvgIpc) is 2.21. The Labute approximate surface area is 102 Å². The molecule has 0 fully saturated rings. The van der Waals surface area contributed by atoms with Gasteiger partial charge in [0.25, 0.3) is 0 Å². The maximum absolute atomic E-state index is 4.37.